The highest BCUT2D eigenvalue weighted by molar-refractivity contribution is 6.00. The van der Waals surface area contributed by atoms with Gasteiger partial charge in [0.05, 0.1) is 6.42 Å². The number of likely N-dealkylation sites (tertiary alicyclic amines) is 1. The lowest BCUT2D eigenvalue weighted by atomic mass is 9.81. The number of aryl methyl sites for hydroxylation is 1. The average Bonchev–Trinajstić information content (AvgIpc) is 2.92. The number of nitrogens with one attached hydrogen (secondary N) is 1. The Morgan fingerprint density at radius 3 is 2.15 bits per heavy atom. The summed E-state index contributed by atoms with van der Waals surface area (Å²) in [7, 11) is 0. The van der Waals surface area contributed by atoms with Crippen molar-refractivity contribution < 1.29 is 19.1 Å². The Balaban J connectivity index is 1.36. The summed E-state index contributed by atoms with van der Waals surface area (Å²) in [4.78, 5) is 44.2. The summed E-state index contributed by atoms with van der Waals surface area (Å²) in [6.45, 7) is 8.19. The molecule has 1 atom stereocenters. The summed E-state index contributed by atoms with van der Waals surface area (Å²) in [5.74, 6) is -0.560. The van der Waals surface area contributed by atoms with Crippen molar-refractivity contribution in [1.29, 1.82) is 0 Å². The van der Waals surface area contributed by atoms with E-state index >= 15 is 0 Å². The van der Waals surface area contributed by atoms with Crippen molar-refractivity contribution in [3.8, 4) is 0 Å². The van der Waals surface area contributed by atoms with Crippen molar-refractivity contribution in [2.24, 2.45) is 0 Å². The van der Waals surface area contributed by atoms with Gasteiger partial charge in [0.1, 0.15) is 17.2 Å². The molecule has 2 aromatic carbocycles. The number of benzene rings is 2. The van der Waals surface area contributed by atoms with E-state index in [1.54, 1.807) is 4.90 Å². The molecule has 0 aromatic heterocycles. The maximum Gasteiger partial charge on any atom is 0.308 e. The third-order valence-electron chi connectivity index (χ3n) is 8.02. The topological polar surface area (TPSA) is 79.0 Å². The smallest absolute Gasteiger partial charge is 0.308 e. The zero-order valence-corrected chi connectivity index (χ0v) is 24.4. The van der Waals surface area contributed by atoms with Gasteiger partial charge in [0.2, 0.25) is 11.8 Å². The summed E-state index contributed by atoms with van der Waals surface area (Å²) in [6.07, 6.45) is 6.19. The number of piperidine rings is 1. The molecule has 0 radical (unpaired) electrons. The van der Waals surface area contributed by atoms with E-state index in [1.165, 1.54) is 18.4 Å². The van der Waals surface area contributed by atoms with Crippen LogP contribution in [-0.4, -0.2) is 70.9 Å². The molecule has 7 nitrogen and oxygen atoms in total. The second kappa shape index (κ2) is 13.4. The van der Waals surface area contributed by atoms with Crippen LogP contribution >= 0.6 is 0 Å². The first-order valence-corrected chi connectivity index (χ1v) is 14.8. The number of esters is 1. The van der Waals surface area contributed by atoms with Crippen LogP contribution in [0.25, 0.3) is 0 Å². The molecule has 2 aliphatic heterocycles. The summed E-state index contributed by atoms with van der Waals surface area (Å²) < 4.78 is 5.51. The van der Waals surface area contributed by atoms with Crippen LogP contribution in [0.3, 0.4) is 0 Å². The van der Waals surface area contributed by atoms with Crippen molar-refractivity contribution in [3.63, 3.8) is 0 Å². The lowest BCUT2D eigenvalue weighted by molar-refractivity contribution is -0.164. The second-order valence-electron chi connectivity index (χ2n) is 12.2. The van der Waals surface area contributed by atoms with Crippen molar-refractivity contribution in [2.45, 2.75) is 89.3 Å². The molecule has 0 saturated carbocycles. The minimum absolute atomic E-state index is 0.0707. The van der Waals surface area contributed by atoms with Crippen molar-refractivity contribution >= 4 is 17.8 Å². The van der Waals surface area contributed by atoms with Crippen LogP contribution in [0.2, 0.25) is 0 Å². The molecular formula is C33H45N3O4. The van der Waals surface area contributed by atoms with E-state index in [-0.39, 0.29) is 30.7 Å². The highest BCUT2D eigenvalue weighted by Gasteiger charge is 2.53. The van der Waals surface area contributed by atoms with Gasteiger partial charge in [-0.1, -0.05) is 67.1 Å². The SMILES string of the molecule is CC(C)(C)OC(=O)CCN1C(=O)C(Cc2ccccc2)NC(=O)C12CCN(CCCCCc1ccccc1)CC2. The van der Waals surface area contributed by atoms with Gasteiger partial charge in [-0.05, 0) is 70.5 Å². The van der Waals surface area contributed by atoms with Gasteiger partial charge < -0.3 is 19.9 Å². The van der Waals surface area contributed by atoms with Crippen LogP contribution < -0.4 is 5.32 Å². The highest BCUT2D eigenvalue weighted by Crippen LogP contribution is 2.34. The fourth-order valence-electron chi connectivity index (χ4n) is 5.91. The molecule has 7 heteroatoms. The zero-order chi connectivity index (χ0) is 28.6. The van der Waals surface area contributed by atoms with Gasteiger partial charge in [-0.2, -0.15) is 0 Å². The van der Waals surface area contributed by atoms with E-state index in [0.717, 1.165) is 38.0 Å². The van der Waals surface area contributed by atoms with E-state index in [4.69, 9.17) is 4.74 Å². The number of hydrogen-bond acceptors (Lipinski definition) is 5. The summed E-state index contributed by atoms with van der Waals surface area (Å²) in [5, 5.41) is 3.06. The zero-order valence-electron chi connectivity index (χ0n) is 24.4. The number of nitrogens with zero attached hydrogens (tertiary/aromatic N) is 2. The number of amides is 2. The Kier molecular flexibility index (Phi) is 10.0. The van der Waals surface area contributed by atoms with Gasteiger partial charge in [0.15, 0.2) is 0 Å². The lowest BCUT2D eigenvalue weighted by Gasteiger charge is -2.51. The van der Waals surface area contributed by atoms with Crippen LogP contribution in [0.15, 0.2) is 60.7 Å². The van der Waals surface area contributed by atoms with Crippen molar-refractivity contribution in [2.75, 3.05) is 26.2 Å². The van der Waals surface area contributed by atoms with E-state index in [0.29, 0.717) is 19.3 Å². The normalized spacial score (nSPS) is 19.5. The Morgan fingerprint density at radius 2 is 1.52 bits per heavy atom. The molecule has 2 amide bonds. The molecule has 2 aliphatic rings. The molecule has 40 heavy (non-hydrogen) atoms. The molecule has 2 saturated heterocycles. The fraction of sp³-hybridized carbons (Fsp3) is 0.545. The minimum atomic E-state index is -0.921. The van der Waals surface area contributed by atoms with E-state index in [9.17, 15) is 14.4 Å². The van der Waals surface area contributed by atoms with Crippen molar-refractivity contribution in [1.82, 2.24) is 15.1 Å². The third kappa shape index (κ3) is 7.94. The Hall–Kier alpha value is -3.19. The van der Waals surface area contributed by atoms with Gasteiger partial charge >= 0.3 is 5.97 Å². The number of piperazine rings is 1. The van der Waals surface area contributed by atoms with Gasteiger partial charge in [0.25, 0.3) is 0 Å². The standard InChI is InChI=1S/C33H45N3O4/c1-32(2,3)40-29(37)18-22-36-30(38)28(25-27-16-9-5-10-17-27)34-31(39)33(36)19-23-35(24-20-33)21-12-6-11-15-26-13-7-4-8-14-26/h4-5,7-10,13-14,16-17,28H,6,11-12,15,18-25H2,1-3H3,(H,34,39). The third-order valence-corrected chi connectivity index (χ3v) is 8.02. The van der Waals surface area contributed by atoms with E-state index in [2.05, 4.69) is 40.5 Å². The molecule has 0 aliphatic carbocycles. The van der Waals surface area contributed by atoms with Crippen LogP contribution in [0.5, 0.6) is 0 Å². The first-order valence-electron chi connectivity index (χ1n) is 14.8. The molecule has 2 fully saturated rings. The van der Waals surface area contributed by atoms with Gasteiger partial charge in [0, 0.05) is 26.1 Å². The largest absolute Gasteiger partial charge is 0.460 e. The van der Waals surface area contributed by atoms with Gasteiger partial charge in [-0.15, -0.1) is 0 Å². The molecule has 1 spiro atoms. The molecule has 2 heterocycles. The van der Waals surface area contributed by atoms with Gasteiger partial charge in [-0.25, -0.2) is 0 Å². The lowest BCUT2D eigenvalue weighted by Crippen LogP contribution is -2.73. The van der Waals surface area contributed by atoms with Gasteiger partial charge in [-0.3, -0.25) is 14.4 Å². The van der Waals surface area contributed by atoms with Crippen LogP contribution in [-0.2, 0) is 32.0 Å². The quantitative estimate of drug-likeness (QED) is 0.330. The Morgan fingerprint density at radius 1 is 0.900 bits per heavy atom. The summed E-state index contributed by atoms with van der Waals surface area (Å²) >= 11 is 0. The van der Waals surface area contributed by atoms with Crippen LogP contribution in [0, 0.1) is 0 Å². The highest BCUT2D eigenvalue weighted by atomic mass is 16.6. The maximum atomic E-state index is 13.8. The van der Waals surface area contributed by atoms with Crippen LogP contribution in [0.1, 0.15) is 70.4 Å². The number of carbonyl (C=O) groups excluding carboxylic acids is 3. The second-order valence-corrected chi connectivity index (χ2v) is 12.2. The van der Waals surface area contributed by atoms with E-state index in [1.807, 2.05) is 51.1 Å². The Labute approximate surface area is 239 Å². The van der Waals surface area contributed by atoms with E-state index < -0.39 is 17.2 Å². The summed E-state index contributed by atoms with van der Waals surface area (Å²) in [6, 6.07) is 19.7. The van der Waals surface area contributed by atoms with Crippen LogP contribution in [0.4, 0.5) is 0 Å². The monoisotopic (exact) mass is 547 g/mol. The van der Waals surface area contributed by atoms with Crippen molar-refractivity contribution in [3.05, 3.63) is 71.8 Å². The number of rotatable bonds is 11. The summed E-state index contributed by atoms with van der Waals surface area (Å²) in [5.41, 5.74) is 0.856. The maximum absolute atomic E-state index is 13.8. The number of hydrogen-bond donors (Lipinski definition) is 1. The minimum Gasteiger partial charge on any atom is -0.460 e. The fourth-order valence-corrected chi connectivity index (χ4v) is 5.91. The molecule has 1 N–H and O–H groups in total. The molecule has 1 unspecified atom stereocenters. The number of unbranched alkanes of at least 4 members (excludes halogenated alkanes) is 2. The molecule has 2 aromatic rings. The first kappa shape index (κ1) is 29.8. The molecular weight excluding hydrogens is 502 g/mol. The molecule has 4 rings (SSSR count). The predicted octanol–water partition coefficient (Wildman–Crippen LogP) is 4.54. The molecule has 0 bridgehead atoms. The first-order chi connectivity index (χ1) is 19.2. The predicted molar refractivity (Wildman–Crippen MR) is 157 cm³/mol. The molecule has 216 valence electrons. The number of ether oxygens (including phenoxy) is 1. The number of carbonyl (C=O) groups is 3. The Bertz CT molecular complexity index is 1120. The average molecular weight is 548 g/mol.